The van der Waals surface area contributed by atoms with Gasteiger partial charge in [0.25, 0.3) is 0 Å². The first-order chi connectivity index (χ1) is 5.08. The van der Waals surface area contributed by atoms with Gasteiger partial charge in [-0.3, -0.25) is 0 Å². The predicted molar refractivity (Wildman–Crippen MR) is 42.8 cm³/mol. The van der Waals surface area contributed by atoms with Gasteiger partial charge in [0.15, 0.2) is 9.84 Å². The third kappa shape index (κ3) is 1.42. The minimum Gasteiger partial charge on any atom is -0.327 e. The second-order valence-electron chi connectivity index (χ2n) is 3.75. The van der Waals surface area contributed by atoms with Gasteiger partial charge in [-0.05, 0) is 18.8 Å². The highest BCUT2D eigenvalue weighted by Gasteiger charge is 2.43. The van der Waals surface area contributed by atoms with E-state index < -0.39 is 9.84 Å². The van der Waals surface area contributed by atoms with Crippen LogP contribution in [0.1, 0.15) is 12.8 Å². The summed E-state index contributed by atoms with van der Waals surface area (Å²) in [4.78, 5) is 0. The molecular weight excluding hydrogens is 162 g/mol. The van der Waals surface area contributed by atoms with E-state index in [1.807, 2.05) is 0 Å². The van der Waals surface area contributed by atoms with Gasteiger partial charge in [0.1, 0.15) is 0 Å². The molecule has 4 heteroatoms. The van der Waals surface area contributed by atoms with Crippen molar-refractivity contribution in [3.8, 4) is 0 Å². The quantitative estimate of drug-likeness (QED) is 0.630. The molecule has 2 rings (SSSR count). The normalized spacial score (nSPS) is 32.8. The largest absolute Gasteiger partial charge is 0.327 e. The van der Waals surface area contributed by atoms with E-state index in [1.165, 1.54) is 12.8 Å². The van der Waals surface area contributed by atoms with Crippen LogP contribution in [0.25, 0.3) is 0 Å². The molecule has 0 aromatic heterocycles. The molecule has 3 nitrogen and oxygen atoms in total. The molecule has 1 unspecified atom stereocenters. The second-order valence-corrected chi connectivity index (χ2v) is 5.91. The Bertz CT molecular complexity index is 244. The average molecular weight is 175 g/mol. The Morgan fingerprint density at radius 3 is 2.09 bits per heavy atom. The summed E-state index contributed by atoms with van der Waals surface area (Å²) < 4.78 is 21.6. The summed E-state index contributed by atoms with van der Waals surface area (Å²) in [6, 6.07) is 0.165. The Morgan fingerprint density at radius 2 is 1.73 bits per heavy atom. The van der Waals surface area contributed by atoms with Gasteiger partial charge in [-0.1, -0.05) is 0 Å². The Kier molecular flexibility index (Phi) is 1.51. The van der Waals surface area contributed by atoms with Crippen LogP contribution in [0.4, 0.5) is 0 Å². The molecule has 2 aliphatic rings. The van der Waals surface area contributed by atoms with Gasteiger partial charge in [-0.2, -0.15) is 0 Å². The zero-order valence-corrected chi connectivity index (χ0v) is 7.18. The van der Waals surface area contributed by atoms with E-state index in [2.05, 4.69) is 0 Å². The minimum absolute atomic E-state index is 0.165. The lowest BCUT2D eigenvalue weighted by Gasteiger charge is -2.30. The molecule has 1 aliphatic carbocycles. The standard InChI is InChI=1S/C7H13NO2S/c8-7(5-1-2-5)6-3-11(9,10)4-6/h5-7H,1-4,8H2. The summed E-state index contributed by atoms with van der Waals surface area (Å²) in [6.45, 7) is 0. The fourth-order valence-corrected chi connectivity index (χ4v) is 3.34. The molecule has 0 aromatic carbocycles. The molecule has 0 spiro atoms. The van der Waals surface area contributed by atoms with Crippen molar-refractivity contribution in [2.45, 2.75) is 18.9 Å². The van der Waals surface area contributed by atoms with Crippen molar-refractivity contribution in [2.75, 3.05) is 11.5 Å². The summed E-state index contributed by atoms with van der Waals surface area (Å²) in [5.74, 6) is 1.58. The molecule has 1 heterocycles. The number of rotatable bonds is 2. The van der Waals surface area contributed by atoms with Gasteiger partial charge in [0.2, 0.25) is 0 Å². The number of hydrogen-bond acceptors (Lipinski definition) is 3. The molecule has 11 heavy (non-hydrogen) atoms. The van der Waals surface area contributed by atoms with Crippen molar-refractivity contribution in [1.29, 1.82) is 0 Å². The van der Waals surface area contributed by atoms with Gasteiger partial charge < -0.3 is 5.73 Å². The molecule has 1 aliphatic heterocycles. The van der Waals surface area contributed by atoms with E-state index in [4.69, 9.17) is 5.73 Å². The van der Waals surface area contributed by atoms with Crippen LogP contribution >= 0.6 is 0 Å². The van der Waals surface area contributed by atoms with Crippen molar-refractivity contribution in [3.63, 3.8) is 0 Å². The third-order valence-corrected chi connectivity index (χ3v) is 4.52. The Balaban J connectivity index is 1.90. The maximum absolute atomic E-state index is 10.8. The van der Waals surface area contributed by atoms with Crippen LogP contribution < -0.4 is 5.73 Å². The second kappa shape index (κ2) is 2.20. The molecular formula is C7H13NO2S. The summed E-state index contributed by atoms with van der Waals surface area (Å²) in [6.07, 6.45) is 2.41. The topological polar surface area (TPSA) is 60.2 Å². The van der Waals surface area contributed by atoms with Crippen molar-refractivity contribution in [2.24, 2.45) is 17.6 Å². The smallest absolute Gasteiger partial charge is 0.151 e. The fraction of sp³-hybridized carbons (Fsp3) is 1.00. The molecule has 2 fully saturated rings. The monoisotopic (exact) mass is 175 g/mol. The van der Waals surface area contributed by atoms with Crippen molar-refractivity contribution >= 4 is 9.84 Å². The van der Waals surface area contributed by atoms with Crippen LogP contribution in [0.15, 0.2) is 0 Å². The molecule has 0 amide bonds. The average Bonchev–Trinajstić information content (AvgIpc) is 2.61. The lowest BCUT2D eigenvalue weighted by atomic mass is 10.00. The molecule has 1 saturated heterocycles. The lowest BCUT2D eigenvalue weighted by molar-refractivity contribution is 0.413. The van der Waals surface area contributed by atoms with Gasteiger partial charge in [0.05, 0.1) is 11.5 Å². The maximum atomic E-state index is 10.8. The highest BCUT2D eigenvalue weighted by Crippen LogP contribution is 2.37. The minimum atomic E-state index is -2.66. The Labute approximate surface area is 66.9 Å². The first-order valence-corrected chi connectivity index (χ1v) is 5.87. The molecule has 0 radical (unpaired) electrons. The van der Waals surface area contributed by atoms with E-state index in [0.717, 1.165) is 0 Å². The fourth-order valence-electron chi connectivity index (χ4n) is 1.69. The van der Waals surface area contributed by atoms with E-state index in [-0.39, 0.29) is 12.0 Å². The molecule has 0 aromatic rings. The zero-order valence-electron chi connectivity index (χ0n) is 6.36. The van der Waals surface area contributed by atoms with Crippen LogP contribution in [0.3, 0.4) is 0 Å². The molecule has 0 bridgehead atoms. The summed E-state index contributed by atoms with van der Waals surface area (Å²) in [5, 5.41) is 0. The Hall–Kier alpha value is -0.0900. The van der Waals surface area contributed by atoms with Gasteiger partial charge in [0, 0.05) is 12.0 Å². The summed E-state index contributed by atoms with van der Waals surface area (Å²) >= 11 is 0. The lowest BCUT2D eigenvalue weighted by Crippen LogP contribution is -2.48. The van der Waals surface area contributed by atoms with Crippen molar-refractivity contribution in [3.05, 3.63) is 0 Å². The SMILES string of the molecule is NC(C1CC1)C1CS(=O)(=O)C1. The molecule has 1 saturated carbocycles. The maximum Gasteiger partial charge on any atom is 0.151 e. The van der Waals surface area contributed by atoms with Gasteiger partial charge >= 0.3 is 0 Å². The van der Waals surface area contributed by atoms with Gasteiger partial charge in [-0.15, -0.1) is 0 Å². The molecule has 2 N–H and O–H groups in total. The van der Waals surface area contributed by atoms with E-state index in [1.54, 1.807) is 0 Å². The van der Waals surface area contributed by atoms with Crippen molar-refractivity contribution in [1.82, 2.24) is 0 Å². The van der Waals surface area contributed by atoms with Crippen LogP contribution in [0, 0.1) is 11.8 Å². The van der Waals surface area contributed by atoms with Gasteiger partial charge in [-0.25, -0.2) is 8.42 Å². The summed E-state index contributed by atoms with van der Waals surface area (Å²) in [5.41, 5.74) is 5.84. The third-order valence-electron chi connectivity index (χ3n) is 2.65. The summed E-state index contributed by atoms with van der Waals surface area (Å²) in [7, 11) is -2.66. The van der Waals surface area contributed by atoms with Crippen LogP contribution in [-0.2, 0) is 9.84 Å². The highest BCUT2D eigenvalue weighted by atomic mass is 32.2. The van der Waals surface area contributed by atoms with Crippen LogP contribution in [0.2, 0.25) is 0 Å². The first-order valence-electron chi connectivity index (χ1n) is 4.04. The van der Waals surface area contributed by atoms with E-state index >= 15 is 0 Å². The zero-order chi connectivity index (χ0) is 8.06. The number of sulfone groups is 1. The number of hydrogen-bond donors (Lipinski definition) is 1. The van der Waals surface area contributed by atoms with E-state index in [9.17, 15) is 8.42 Å². The molecule has 1 atom stereocenters. The Morgan fingerprint density at radius 1 is 1.18 bits per heavy atom. The predicted octanol–water partition coefficient (Wildman–Crippen LogP) is -0.232. The van der Waals surface area contributed by atoms with Crippen molar-refractivity contribution < 1.29 is 8.42 Å². The van der Waals surface area contributed by atoms with Crippen LogP contribution in [0.5, 0.6) is 0 Å². The molecule has 64 valence electrons. The first kappa shape index (κ1) is 7.55. The van der Waals surface area contributed by atoms with E-state index in [0.29, 0.717) is 17.4 Å². The number of nitrogens with two attached hydrogens (primary N) is 1. The highest BCUT2D eigenvalue weighted by molar-refractivity contribution is 7.92. The van der Waals surface area contributed by atoms with Crippen LogP contribution in [-0.4, -0.2) is 26.0 Å².